The van der Waals surface area contributed by atoms with Crippen LogP contribution in [0.25, 0.3) is 10.9 Å². The molecule has 0 spiro atoms. The molecule has 2 aliphatic carbocycles. The molecule has 2 aromatic rings. The smallest absolute Gasteiger partial charge is 0.357 e. The highest BCUT2D eigenvalue weighted by Crippen LogP contribution is 2.46. The van der Waals surface area contributed by atoms with Crippen LogP contribution in [0.1, 0.15) is 55.9 Å². The highest BCUT2D eigenvalue weighted by Gasteiger charge is 2.51. The molecule has 1 aromatic carbocycles. The van der Waals surface area contributed by atoms with E-state index in [1.54, 1.807) is 23.1 Å². The van der Waals surface area contributed by atoms with E-state index >= 15 is 0 Å². The lowest BCUT2D eigenvalue weighted by Crippen LogP contribution is -2.51. The SMILES string of the molecule is CC1([C@@H]2CCN(C(=O)C3CCC([C@H](N)CF)CC3)[C@@H]2C(=O)Nc2ccc3c(c2)cc2n3C(CF)(CF)OC2=O)C=CC=CC1. The van der Waals surface area contributed by atoms with Crippen molar-refractivity contribution in [3.63, 3.8) is 0 Å². The quantitative estimate of drug-likeness (QED) is 0.400. The van der Waals surface area contributed by atoms with Gasteiger partial charge in [0, 0.05) is 29.6 Å². The lowest BCUT2D eigenvalue weighted by molar-refractivity contribution is -0.142. The predicted molar refractivity (Wildman–Crippen MR) is 160 cm³/mol. The van der Waals surface area contributed by atoms with Crippen LogP contribution < -0.4 is 11.1 Å². The fraction of sp³-hybridized carbons (Fsp3) is 0.545. The van der Waals surface area contributed by atoms with Gasteiger partial charge in [0.2, 0.25) is 17.5 Å². The maximum atomic E-state index is 14.1. The Morgan fingerprint density at radius 2 is 1.84 bits per heavy atom. The molecule has 1 saturated carbocycles. The summed E-state index contributed by atoms with van der Waals surface area (Å²) < 4.78 is 47.3. The van der Waals surface area contributed by atoms with Crippen molar-refractivity contribution >= 4 is 34.4 Å². The van der Waals surface area contributed by atoms with Crippen LogP contribution in [0.4, 0.5) is 18.9 Å². The standard InChI is InChI=1S/C33H39F3N4O4/c1-32(12-3-2-4-13-32)24-11-14-39(30(42)21-7-5-20(6-8-21)25(37)17-34)28(24)29(41)38-23-9-10-26-22(15-23)16-27-31(43)44-33(18-35,19-36)40(26)27/h2-4,9-10,12,15-16,20-21,24-25,28H,5-8,11,13-14,17-19,37H2,1H3,(H,38,41)/t20?,21?,24-,25-,28+,32?/m1/s1. The average molecular weight is 613 g/mol. The van der Waals surface area contributed by atoms with Crippen LogP contribution in [0.3, 0.4) is 0 Å². The van der Waals surface area contributed by atoms with Gasteiger partial charge in [0.05, 0.1) is 5.52 Å². The molecule has 1 saturated heterocycles. The number of amides is 2. The Labute approximate surface area is 254 Å². The lowest BCUT2D eigenvalue weighted by atomic mass is 9.69. The van der Waals surface area contributed by atoms with Crippen molar-refractivity contribution in [2.45, 2.75) is 63.3 Å². The van der Waals surface area contributed by atoms with Gasteiger partial charge in [-0.05, 0) is 80.0 Å². The van der Waals surface area contributed by atoms with Crippen LogP contribution in [0, 0.1) is 23.2 Å². The van der Waals surface area contributed by atoms with E-state index in [0.29, 0.717) is 55.2 Å². The highest BCUT2D eigenvalue weighted by atomic mass is 19.1. The number of aromatic nitrogens is 1. The number of hydrogen-bond donors (Lipinski definition) is 2. The maximum Gasteiger partial charge on any atom is 0.357 e. The van der Waals surface area contributed by atoms with Crippen LogP contribution in [-0.2, 0) is 20.1 Å². The number of hydrogen-bond acceptors (Lipinski definition) is 5. The van der Waals surface area contributed by atoms with Crippen molar-refractivity contribution in [1.29, 1.82) is 0 Å². The molecule has 3 heterocycles. The molecule has 6 rings (SSSR count). The van der Waals surface area contributed by atoms with E-state index < -0.39 is 43.8 Å². The highest BCUT2D eigenvalue weighted by molar-refractivity contribution is 6.02. The number of halogens is 3. The molecule has 44 heavy (non-hydrogen) atoms. The summed E-state index contributed by atoms with van der Waals surface area (Å²) in [4.78, 5) is 42.2. The Bertz CT molecular complexity index is 1510. The first kappa shape index (κ1) is 30.4. The molecule has 2 amide bonds. The van der Waals surface area contributed by atoms with Crippen molar-refractivity contribution in [3.8, 4) is 0 Å². The van der Waals surface area contributed by atoms with Gasteiger partial charge in [-0.25, -0.2) is 18.0 Å². The van der Waals surface area contributed by atoms with E-state index in [4.69, 9.17) is 10.5 Å². The third-order valence-electron chi connectivity index (χ3n) is 10.4. The molecule has 0 radical (unpaired) electrons. The minimum Gasteiger partial charge on any atom is -0.428 e. The van der Waals surface area contributed by atoms with Gasteiger partial charge in [0.25, 0.3) is 0 Å². The molecule has 3 N–H and O–H groups in total. The largest absolute Gasteiger partial charge is 0.428 e. The van der Waals surface area contributed by atoms with Crippen molar-refractivity contribution in [3.05, 3.63) is 54.3 Å². The second-order valence-electron chi connectivity index (χ2n) is 13.0. The van der Waals surface area contributed by atoms with Crippen LogP contribution >= 0.6 is 0 Å². The average Bonchev–Trinajstić information content (AvgIpc) is 3.73. The Morgan fingerprint density at radius 3 is 2.50 bits per heavy atom. The number of rotatable bonds is 8. The molecule has 4 atom stereocenters. The van der Waals surface area contributed by atoms with E-state index in [1.165, 1.54) is 10.6 Å². The fourth-order valence-electron chi connectivity index (χ4n) is 7.81. The molecule has 2 fully saturated rings. The maximum absolute atomic E-state index is 14.1. The van der Waals surface area contributed by atoms with Gasteiger partial charge in [0.1, 0.15) is 18.4 Å². The van der Waals surface area contributed by atoms with Crippen LogP contribution in [-0.4, -0.2) is 65.9 Å². The zero-order chi connectivity index (χ0) is 31.2. The molecular weight excluding hydrogens is 573 g/mol. The van der Waals surface area contributed by atoms with E-state index in [1.807, 2.05) is 12.2 Å². The number of nitrogens with one attached hydrogen (secondary N) is 1. The van der Waals surface area contributed by atoms with Crippen molar-refractivity contribution in [2.24, 2.45) is 28.9 Å². The monoisotopic (exact) mass is 612 g/mol. The van der Waals surface area contributed by atoms with Gasteiger partial charge < -0.3 is 20.7 Å². The second-order valence-corrected chi connectivity index (χ2v) is 13.0. The Morgan fingerprint density at radius 1 is 1.09 bits per heavy atom. The number of alkyl halides is 3. The number of likely N-dealkylation sites (tertiary alicyclic amines) is 1. The molecule has 236 valence electrons. The topological polar surface area (TPSA) is 107 Å². The zero-order valence-corrected chi connectivity index (χ0v) is 24.8. The first-order chi connectivity index (χ1) is 21.1. The Balaban J connectivity index is 1.26. The molecule has 8 nitrogen and oxygen atoms in total. The molecule has 11 heteroatoms. The van der Waals surface area contributed by atoms with E-state index in [0.717, 1.165) is 6.42 Å². The number of esters is 1. The van der Waals surface area contributed by atoms with E-state index in [2.05, 4.69) is 24.4 Å². The predicted octanol–water partition coefficient (Wildman–Crippen LogP) is 5.18. The summed E-state index contributed by atoms with van der Waals surface area (Å²) in [7, 11) is 0. The number of nitrogens with zero attached hydrogens (tertiary/aromatic N) is 2. The number of cyclic esters (lactones) is 1. The number of anilines is 1. The minimum atomic E-state index is -2.04. The van der Waals surface area contributed by atoms with Crippen molar-refractivity contribution in [2.75, 3.05) is 31.9 Å². The van der Waals surface area contributed by atoms with Crippen LogP contribution in [0.5, 0.6) is 0 Å². The number of ether oxygens (including phenoxy) is 1. The van der Waals surface area contributed by atoms with E-state index in [-0.39, 0.29) is 40.7 Å². The zero-order valence-electron chi connectivity index (χ0n) is 24.8. The Kier molecular flexibility index (Phi) is 8.11. The summed E-state index contributed by atoms with van der Waals surface area (Å²) in [5.41, 5.74) is 4.46. The molecule has 1 unspecified atom stereocenters. The van der Waals surface area contributed by atoms with Crippen LogP contribution in [0.2, 0.25) is 0 Å². The molecule has 0 bridgehead atoms. The van der Waals surface area contributed by atoms with Crippen molar-refractivity contribution < 1.29 is 32.3 Å². The minimum absolute atomic E-state index is 0.0404. The summed E-state index contributed by atoms with van der Waals surface area (Å²) in [5, 5.41) is 3.52. The number of nitrogens with two attached hydrogens (primary N) is 1. The molecule has 2 aliphatic heterocycles. The summed E-state index contributed by atoms with van der Waals surface area (Å²) in [6.07, 6.45) is 12.2. The molecular formula is C33H39F3N4O4. The first-order valence-electron chi connectivity index (χ1n) is 15.4. The summed E-state index contributed by atoms with van der Waals surface area (Å²) in [6.45, 7) is -0.436. The third kappa shape index (κ3) is 5.02. The van der Waals surface area contributed by atoms with Gasteiger partial charge >= 0.3 is 5.97 Å². The number of fused-ring (bicyclic) bond motifs is 3. The number of allylic oxidation sites excluding steroid dienone is 4. The third-order valence-corrected chi connectivity index (χ3v) is 10.4. The van der Waals surface area contributed by atoms with Crippen molar-refractivity contribution in [1.82, 2.24) is 9.47 Å². The summed E-state index contributed by atoms with van der Waals surface area (Å²) >= 11 is 0. The fourth-order valence-corrected chi connectivity index (χ4v) is 7.81. The number of carbonyl (C=O) groups excluding carboxylic acids is 3. The lowest BCUT2D eigenvalue weighted by Gasteiger charge is -2.39. The Hall–Kier alpha value is -3.60. The van der Waals surface area contributed by atoms with Gasteiger partial charge in [0.15, 0.2) is 13.3 Å². The summed E-state index contributed by atoms with van der Waals surface area (Å²) in [6, 6.07) is 5.15. The van der Waals surface area contributed by atoms with Crippen LogP contribution in [0.15, 0.2) is 48.6 Å². The normalized spacial score (nSPS) is 29.9. The summed E-state index contributed by atoms with van der Waals surface area (Å²) in [5.74, 6) is -1.49. The number of carbonyl (C=O) groups is 3. The van der Waals surface area contributed by atoms with Gasteiger partial charge in [-0.3, -0.25) is 14.2 Å². The molecule has 4 aliphatic rings. The van der Waals surface area contributed by atoms with E-state index in [9.17, 15) is 27.6 Å². The second kappa shape index (κ2) is 11.7. The van der Waals surface area contributed by atoms with Gasteiger partial charge in [-0.15, -0.1) is 0 Å². The van der Waals surface area contributed by atoms with Gasteiger partial charge in [-0.1, -0.05) is 31.2 Å². The van der Waals surface area contributed by atoms with Gasteiger partial charge in [-0.2, -0.15) is 0 Å². The molecule has 1 aromatic heterocycles. The first-order valence-corrected chi connectivity index (χ1v) is 15.4. The number of benzene rings is 1.